The number of amides is 1. The maximum absolute atomic E-state index is 12.1. The number of methoxy groups -OCH3 is 1. The Bertz CT molecular complexity index is 429. The first-order chi connectivity index (χ1) is 11.9. The van der Waals surface area contributed by atoms with E-state index in [0.717, 1.165) is 32.1 Å². The third-order valence-corrected chi connectivity index (χ3v) is 5.06. The highest BCUT2D eigenvalue weighted by Gasteiger charge is 2.33. The van der Waals surface area contributed by atoms with E-state index < -0.39 is 5.41 Å². The number of hydrogen-bond donors (Lipinski definition) is 3. The van der Waals surface area contributed by atoms with Crippen LogP contribution in [0.2, 0.25) is 0 Å². The molecule has 3 N–H and O–H groups in total. The molecule has 6 heteroatoms. The highest BCUT2D eigenvalue weighted by Crippen LogP contribution is 2.40. The van der Waals surface area contributed by atoms with Crippen LogP contribution in [0.1, 0.15) is 59.8 Å². The summed E-state index contributed by atoms with van der Waals surface area (Å²) in [5, 5.41) is 9.69. The molecule has 146 valence electrons. The predicted molar refractivity (Wildman–Crippen MR) is 104 cm³/mol. The molecule has 1 amide bonds. The molecule has 0 aromatic rings. The van der Waals surface area contributed by atoms with Crippen LogP contribution in [-0.2, 0) is 9.53 Å². The fourth-order valence-corrected chi connectivity index (χ4v) is 3.32. The summed E-state index contributed by atoms with van der Waals surface area (Å²) >= 11 is 0. The van der Waals surface area contributed by atoms with Crippen LogP contribution < -0.4 is 16.0 Å². The monoisotopic (exact) mass is 354 g/mol. The maximum atomic E-state index is 12.1. The highest BCUT2D eigenvalue weighted by atomic mass is 16.5. The SMILES string of the molecule is CCNC(=O)C(C)(C)CN=C(NCC)NCC1(CCOC)CCCC1. The molecule has 1 saturated carbocycles. The molecular weight excluding hydrogens is 316 g/mol. The molecule has 1 fully saturated rings. The third-order valence-electron chi connectivity index (χ3n) is 5.06. The summed E-state index contributed by atoms with van der Waals surface area (Å²) < 4.78 is 5.31. The van der Waals surface area contributed by atoms with Crippen molar-refractivity contribution in [1.29, 1.82) is 0 Å². The molecule has 0 aliphatic heterocycles. The van der Waals surface area contributed by atoms with Crippen molar-refractivity contribution in [3.8, 4) is 0 Å². The van der Waals surface area contributed by atoms with Crippen LogP contribution in [0.3, 0.4) is 0 Å². The van der Waals surface area contributed by atoms with Crippen LogP contribution in [0.4, 0.5) is 0 Å². The normalized spacial score (nSPS) is 17.4. The van der Waals surface area contributed by atoms with E-state index in [1.807, 2.05) is 20.8 Å². The largest absolute Gasteiger partial charge is 0.385 e. The molecule has 0 unspecified atom stereocenters. The van der Waals surface area contributed by atoms with E-state index in [1.165, 1.54) is 25.7 Å². The lowest BCUT2D eigenvalue weighted by Gasteiger charge is -2.30. The molecule has 6 nitrogen and oxygen atoms in total. The van der Waals surface area contributed by atoms with Crippen molar-refractivity contribution in [2.24, 2.45) is 15.8 Å². The van der Waals surface area contributed by atoms with Gasteiger partial charge in [-0.15, -0.1) is 0 Å². The Morgan fingerprint density at radius 3 is 2.32 bits per heavy atom. The van der Waals surface area contributed by atoms with Crippen molar-refractivity contribution in [3.05, 3.63) is 0 Å². The third kappa shape index (κ3) is 7.22. The molecule has 0 bridgehead atoms. The average molecular weight is 355 g/mol. The zero-order valence-corrected chi connectivity index (χ0v) is 16.8. The summed E-state index contributed by atoms with van der Waals surface area (Å²) in [7, 11) is 1.77. The van der Waals surface area contributed by atoms with E-state index in [1.54, 1.807) is 7.11 Å². The molecule has 0 radical (unpaired) electrons. The van der Waals surface area contributed by atoms with E-state index in [2.05, 4.69) is 27.9 Å². The molecule has 0 aromatic heterocycles. The van der Waals surface area contributed by atoms with Gasteiger partial charge in [-0.2, -0.15) is 0 Å². The minimum atomic E-state index is -0.514. The average Bonchev–Trinajstić information content (AvgIpc) is 3.05. The first kappa shape index (κ1) is 21.7. The Labute approximate surface area is 153 Å². The van der Waals surface area contributed by atoms with Gasteiger partial charge in [0.25, 0.3) is 0 Å². The van der Waals surface area contributed by atoms with Gasteiger partial charge in [0.1, 0.15) is 0 Å². The Balaban J connectivity index is 2.67. The fourth-order valence-electron chi connectivity index (χ4n) is 3.32. The van der Waals surface area contributed by atoms with Crippen LogP contribution >= 0.6 is 0 Å². The Hall–Kier alpha value is -1.30. The van der Waals surface area contributed by atoms with Crippen molar-refractivity contribution in [3.63, 3.8) is 0 Å². The standard InChI is InChI=1S/C19H38N4O2/c1-6-20-16(24)18(3,4)14-22-17(21-7-2)23-15-19(12-13-25-5)10-8-9-11-19/h6-15H2,1-5H3,(H,20,24)(H2,21,22,23). The van der Waals surface area contributed by atoms with Gasteiger partial charge in [0, 0.05) is 33.4 Å². The minimum Gasteiger partial charge on any atom is -0.385 e. The summed E-state index contributed by atoms with van der Waals surface area (Å²) in [5.41, 5.74) is -0.208. The Kier molecular flexibility index (Phi) is 9.25. The lowest BCUT2D eigenvalue weighted by molar-refractivity contribution is -0.128. The number of hydrogen-bond acceptors (Lipinski definition) is 3. The Morgan fingerprint density at radius 2 is 1.76 bits per heavy atom. The first-order valence-corrected chi connectivity index (χ1v) is 9.68. The van der Waals surface area contributed by atoms with Gasteiger partial charge in [-0.05, 0) is 52.4 Å². The highest BCUT2D eigenvalue weighted by molar-refractivity contribution is 5.83. The van der Waals surface area contributed by atoms with Crippen molar-refractivity contribution < 1.29 is 9.53 Å². The van der Waals surface area contributed by atoms with Crippen molar-refractivity contribution in [1.82, 2.24) is 16.0 Å². The summed E-state index contributed by atoms with van der Waals surface area (Å²) in [6.45, 7) is 11.5. The zero-order valence-electron chi connectivity index (χ0n) is 16.8. The molecule has 1 aliphatic rings. The van der Waals surface area contributed by atoms with Gasteiger partial charge < -0.3 is 20.7 Å². The first-order valence-electron chi connectivity index (χ1n) is 9.68. The zero-order chi connectivity index (χ0) is 18.8. The molecular formula is C19H38N4O2. The number of nitrogens with zero attached hydrogens (tertiary/aromatic N) is 1. The van der Waals surface area contributed by atoms with Crippen LogP contribution in [-0.4, -0.2) is 51.8 Å². The van der Waals surface area contributed by atoms with Gasteiger partial charge in [0.2, 0.25) is 5.91 Å². The summed E-state index contributed by atoms with van der Waals surface area (Å²) in [4.78, 5) is 16.8. The predicted octanol–water partition coefficient (Wildman–Crippen LogP) is 2.30. The van der Waals surface area contributed by atoms with Crippen LogP contribution in [0.25, 0.3) is 0 Å². The summed E-state index contributed by atoms with van der Waals surface area (Å²) in [6, 6.07) is 0. The molecule has 1 rings (SSSR count). The number of aliphatic imine (C=N–C) groups is 1. The number of nitrogens with one attached hydrogen (secondary N) is 3. The molecule has 0 atom stereocenters. The number of carbonyl (C=O) groups is 1. The lowest BCUT2D eigenvalue weighted by atomic mass is 9.83. The number of rotatable bonds is 10. The quantitative estimate of drug-likeness (QED) is 0.416. The second-order valence-electron chi connectivity index (χ2n) is 7.74. The fraction of sp³-hybridized carbons (Fsp3) is 0.895. The molecule has 0 spiro atoms. The van der Waals surface area contributed by atoms with Crippen LogP contribution in [0.5, 0.6) is 0 Å². The Morgan fingerprint density at radius 1 is 1.12 bits per heavy atom. The molecule has 0 saturated heterocycles. The van der Waals surface area contributed by atoms with Crippen molar-refractivity contribution >= 4 is 11.9 Å². The summed E-state index contributed by atoms with van der Waals surface area (Å²) in [5.74, 6) is 0.838. The smallest absolute Gasteiger partial charge is 0.227 e. The van der Waals surface area contributed by atoms with Crippen molar-refractivity contribution in [2.75, 3.05) is 39.9 Å². The van der Waals surface area contributed by atoms with Gasteiger partial charge in [0.15, 0.2) is 5.96 Å². The van der Waals surface area contributed by atoms with Crippen LogP contribution in [0.15, 0.2) is 4.99 Å². The molecule has 0 aromatic carbocycles. The van der Waals surface area contributed by atoms with Gasteiger partial charge in [-0.25, -0.2) is 0 Å². The van der Waals surface area contributed by atoms with E-state index in [4.69, 9.17) is 4.74 Å². The maximum Gasteiger partial charge on any atom is 0.227 e. The molecule has 25 heavy (non-hydrogen) atoms. The van der Waals surface area contributed by atoms with E-state index in [9.17, 15) is 4.79 Å². The summed E-state index contributed by atoms with van der Waals surface area (Å²) in [6.07, 6.45) is 6.16. The lowest BCUT2D eigenvalue weighted by Crippen LogP contribution is -2.45. The van der Waals surface area contributed by atoms with Crippen LogP contribution in [0, 0.1) is 10.8 Å². The van der Waals surface area contributed by atoms with Gasteiger partial charge in [-0.1, -0.05) is 12.8 Å². The molecule has 0 heterocycles. The van der Waals surface area contributed by atoms with E-state index in [0.29, 0.717) is 18.5 Å². The second kappa shape index (κ2) is 10.6. The topological polar surface area (TPSA) is 74.8 Å². The number of carbonyl (C=O) groups excluding carboxylic acids is 1. The van der Waals surface area contributed by atoms with Gasteiger partial charge >= 0.3 is 0 Å². The number of ether oxygens (including phenoxy) is 1. The minimum absolute atomic E-state index is 0.0435. The molecule has 1 aliphatic carbocycles. The van der Waals surface area contributed by atoms with Gasteiger partial charge in [-0.3, -0.25) is 9.79 Å². The van der Waals surface area contributed by atoms with E-state index in [-0.39, 0.29) is 5.91 Å². The second-order valence-corrected chi connectivity index (χ2v) is 7.74. The van der Waals surface area contributed by atoms with E-state index >= 15 is 0 Å². The van der Waals surface area contributed by atoms with Crippen molar-refractivity contribution in [2.45, 2.75) is 59.8 Å². The van der Waals surface area contributed by atoms with Gasteiger partial charge in [0.05, 0.1) is 12.0 Å². The number of guanidine groups is 1.